The van der Waals surface area contributed by atoms with Gasteiger partial charge < -0.3 is 15.1 Å². The molecule has 1 aromatic carbocycles. The summed E-state index contributed by atoms with van der Waals surface area (Å²) in [6, 6.07) is 6.31. The molecule has 2 aromatic rings. The molecule has 0 radical (unpaired) electrons. The molecule has 0 unspecified atom stereocenters. The summed E-state index contributed by atoms with van der Waals surface area (Å²) in [5.41, 5.74) is 3.46. The van der Waals surface area contributed by atoms with Gasteiger partial charge >= 0.3 is 0 Å². The summed E-state index contributed by atoms with van der Waals surface area (Å²) in [7, 11) is 0. The number of amides is 1. The van der Waals surface area contributed by atoms with Crippen molar-refractivity contribution in [2.24, 2.45) is 0 Å². The van der Waals surface area contributed by atoms with Gasteiger partial charge in [0.2, 0.25) is 0 Å². The largest absolute Gasteiger partial charge is 0.370 e. The van der Waals surface area contributed by atoms with Gasteiger partial charge in [-0.05, 0) is 37.8 Å². The second kappa shape index (κ2) is 7.09. The van der Waals surface area contributed by atoms with Crippen LogP contribution in [0.1, 0.15) is 36.2 Å². The first-order valence-electron chi connectivity index (χ1n) is 9.03. The van der Waals surface area contributed by atoms with Crippen molar-refractivity contribution in [1.29, 1.82) is 0 Å². The van der Waals surface area contributed by atoms with Crippen molar-refractivity contribution in [1.82, 2.24) is 9.97 Å². The molecule has 6 nitrogen and oxygen atoms in total. The van der Waals surface area contributed by atoms with Crippen LogP contribution in [0.2, 0.25) is 0 Å². The van der Waals surface area contributed by atoms with E-state index >= 15 is 0 Å². The zero-order valence-electron chi connectivity index (χ0n) is 14.3. The number of carbonyl (C=O) groups is 1. The van der Waals surface area contributed by atoms with Gasteiger partial charge in [-0.3, -0.25) is 9.78 Å². The maximum Gasteiger partial charge on any atom is 0.275 e. The molecular weight excluding hydrogens is 314 g/mol. The van der Waals surface area contributed by atoms with Crippen molar-refractivity contribution in [3.63, 3.8) is 0 Å². The number of anilines is 3. The Labute approximate surface area is 147 Å². The lowest BCUT2D eigenvalue weighted by molar-refractivity contribution is 0.102. The van der Waals surface area contributed by atoms with Gasteiger partial charge in [-0.25, -0.2) is 4.98 Å². The molecule has 0 saturated carbocycles. The van der Waals surface area contributed by atoms with Crippen molar-refractivity contribution >= 4 is 23.0 Å². The normalized spacial score (nSPS) is 17.1. The van der Waals surface area contributed by atoms with Crippen LogP contribution in [0.25, 0.3) is 0 Å². The fraction of sp³-hybridized carbons (Fsp3) is 0.421. The third kappa shape index (κ3) is 3.29. The van der Waals surface area contributed by atoms with Gasteiger partial charge in [-0.1, -0.05) is 6.07 Å². The summed E-state index contributed by atoms with van der Waals surface area (Å²) in [4.78, 5) is 25.6. The summed E-state index contributed by atoms with van der Waals surface area (Å²) in [6.07, 6.45) is 9.42. The van der Waals surface area contributed by atoms with Gasteiger partial charge in [-0.2, -0.15) is 0 Å². The molecule has 0 aliphatic carbocycles. The molecule has 2 aliphatic heterocycles. The van der Waals surface area contributed by atoms with E-state index in [1.54, 1.807) is 12.4 Å². The van der Waals surface area contributed by atoms with Crippen molar-refractivity contribution in [2.75, 3.05) is 41.3 Å². The average Bonchev–Trinajstić information content (AvgIpc) is 3.36. The molecule has 0 bridgehead atoms. The second-order valence-corrected chi connectivity index (χ2v) is 6.60. The van der Waals surface area contributed by atoms with Crippen molar-refractivity contribution in [2.45, 2.75) is 25.7 Å². The van der Waals surface area contributed by atoms with E-state index in [1.807, 2.05) is 0 Å². The number of nitrogens with one attached hydrogen (secondary N) is 1. The molecule has 6 heteroatoms. The lowest BCUT2D eigenvalue weighted by atomic mass is 10.2. The smallest absolute Gasteiger partial charge is 0.275 e. The van der Waals surface area contributed by atoms with Crippen LogP contribution < -0.4 is 15.1 Å². The van der Waals surface area contributed by atoms with E-state index in [-0.39, 0.29) is 5.91 Å². The molecular formula is C19H23N5O. The highest BCUT2D eigenvalue weighted by atomic mass is 16.1. The van der Waals surface area contributed by atoms with Crippen LogP contribution in [0.5, 0.6) is 0 Å². The highest BCUT2D eigenvalue weighted by molar-refractivity contribution is 6.07. The first-order valence-corrected chi connectivity index (χ1v) is 9.03. The summed E-state index contributed by atoms with van der Waals surface area (Å²) < 4.78 is 0. The number of benzene rings is 1. The Balaban J connectivity index is 1.70. The van der Waals surface area contributed by atoms with E-state index in [9.17, 15) is 4.79 Å². The number of rotatable bonds is 4. The summed E-state index contributed by atoms with van der Waals surface area (Å²) in [6.45, 7) is 4.16. The van der Waals surface area contributed by atoms with Gasteiger partial charge in [0, 0.05) is 38.6 Å². The van der Waals surface area contributed by atoms with Crippen LogP contribution >= 0.6 is 0 Å². The third-order valence-electron chi connectivity index (χ3n) is 4.95. The van der Waals surface area contributed by atoms with E-state index in [2.05, 4.69) is 43.3 Å². The fourth-order valence-electron chi connectivity index (χ4n) is 3.69. The summed E-state index contributed by atoms with van der Waals surface area (Å²) in [5, 5.41) is 3.12. The zero-order chi connectivity index (χ0) is 17.1. The Morgan fingerprint density at radius 1 is 0.920 bits per heavy atom. The molecule has 2 fully saturated rings. The molecule has 3 heterocycles. The van der Waals surface area contributed by atoms with Gasteiger partial charge in [0.05, 0.1) is 23.3 Å². The van der Waals surface area contributed by atoms with Gasteiger partial charge in [0.15, 0.2) is 0 Å². The Hall–Kier alpha value is -2.63. The molecule has 1 amide bonds. The number of carbonyl (C=O) groups excluding carboxylic acids is 1. The Morgan fingerprint density at radius 3 is 2.04 bits per heavy atom. The molecule has 130 valence electrons. The zero-order valence-corrected chi connectivity index (χ0v) is 14.3. The van der Waals surface area contributed by atoms with Gasteiger partial charge in [0.1, 0.15) is 5.69 Å². The molecule has 0 spiro atoms. The first kappa shape index (κ1) is 15.9. The van der Waals surface area contributed by atoms with Crippen LogP contribution in [0.15, 0.2) is 36.8 Å². The topological polar surface area (TPSA) is 61.4 Å². The van der Waals surface area contributed by atoms with E-state index in [0.29, 0.717) is 5.69 Å². The second-order valence-electron chi connectivity index (χ2n) is 6.60. The summed E-state index contributed by atoms with van der Waals surface area (Å²) in [5.74, 6) is -0.208. The number of nitrogens with zero attached hydrogens (tertiary/aromatic N) is 4. The Kier molecular flexibility index (Phi) is 4.50. The molecule has 4 rings (SSSR count). The monoisotopic (exact) mass is 337 g/mol. The number of hydrogen-bond acceptors (Lipinski definition) is 5. The number of hydrogen-bond donors (Lipinski definition) is 1. The standard InChI is InChI=1S/C19H23N5O/c25-19(15-14-20-8-9-21-15)22-18-16(23-10-1-2-11-23)6-5-7-17(18)24-12-3-4-13-24/h5-9,14H,1-4,10-13H2,(H,22,25). The minimum atomic E-state index is -0.208. The van der Waals surface area contributed by atoms with Crippen LogP contribution in [0.3, 0.4) is 0 Å². The minimum absolute atomic E-state index is 0.208. The third-order valence-corrected chi connectivity index (χ3v) is 4.95. The number of aromatic nitrogens is 2. The van der Waals surface area contributed by atoms with E-state index in [0.717, 1.165) is 43.2 Å². The molecule has 2 saturated heterocycles. The maximum atomic E-state index is 12.7. The van der Waals surface area contributed by atoms with Gasteiger partial charge in [-0.15, -0.1) is 0 Å². The van der Waals surface area contributed by atoms with Gasteiger partial charge in [0.25, 0.3) is 5.91 Å². The fourth-order valence-corrected chi connectivity index (χ4v) is 3.69. The molecule has 1 aromatic heterocycles. The predicted molar refractivity (Wildman–Crippen MR) is 99.3 cm³/mol. The van der Waals surface area contributed by atoms with Crippen molar-refractivity contribution in [3.8, 4) is 0 Å². The lowest BCUT2D eigenvalue weighted by Crippen LogP contribution is -2.25. The van der Waals surface area contributed by atoms with Crippen LogP contribution in [0.4, 0.5) is 17.1 Å². The van der Waals surface area contributed by atoms with E-state index in [4.69, 9.17) is 0 Å². The Bertz CT molecular complexity index is 702. The van der Waals surface area contributed by atoms with Crippen molar-refractivity contribution < 1.29 is 4.79 Å². The SMILES string of the molecule is O=C(Nc1c(N2CCCC2)cccc1N1CCCC1)c1cnccn1. The van der Waals surface area contributed by atoms with E-state index < -0.39 is 0 Å². The summed E-state index contributed by atoms with van der Waals surface area (Å²) >= 11 is 0. The first-order chi connectivity index (χ1) is 12.3. The van der Waals surface area contributed by atoms with Crippen molar-refractivity contribution in [3.05, 3.63) is 42.5 Å². The number of para-hydroxylation sites is 1. The molecule has 0 atom stereocenters. The van der Waals surface area contributed by atoms with Crippen LogP contribution in [-0.2, 0) is 0 Å². The molecule has 25 heavy (non-hydrogen) atoms. The lowest BCUT2D eigenvalue weighted by Gasteiger charge is -2.27. The highest BCUT2D eigenvalue weighted by Gasteiger charge is 2.24. The predicted octanol–water partition coefficient (Wildman–Crippen LogP) is 2.93. The van der Waals surface area contributed by atoms with Crippen LogP contribution in [0, 0.1) is 0 Å². The highest BCUT2D eigenvalue weighted by Crippen LogP contribution is 2.38. The molecule has 1 N–H and O–H groups in total. The quantitative estimate of drug-likeness (QED) is 0.929. The molecule has 2 aliphatic rings. The Morgan fingerprint density at radius 2 is 1.52 bits per heavy atom. The minimum Gasteiger partial charge on any atom is -0.370 e. The van der Waals surface area contributed by atoms with E-state index in [1.165, 1.54) is 31.9 Å². The van der Waals surface area contributed by atoms with Crippen LogP contribution in [-0.4, -0.2) is 42.1 Å². The maximum absolute atomic E-state index is 12.7. The average molecular weight is 337 g/mol.